The van der Waals surface area contributed by atoms with Gasteiger partial charge in [-0.15, -0.1) is 0 Å². The van der Waals surface area contributed by atoms with Gasteiger partial charge in [-0.2, -0.15) is 0 Å². The van der Waals surface area contributed by atoms with Gasteiger partial charge in [-0.25, -0.2) is 0 Å². The summed E-state index contributed by atoms with van der Waals surface area (Å²) in [4.78, 5) is 2.63. The molecule has 4 heteroatoms. The standard InChI is InChI=1S/C17H34N2O2/c1-15-5-4-7-17(11-15,13-18-8-10-20-2)14-19-9-6-16(12-19)21-3/h15-16,18H,4-14H2,1-3H3. The zero-order valence-electron chi connectivity index (χ0n) is 14.2. The van der Waals surface area contributed by atoms with E-state index in [1.165, 1.54) is 45.2 Å². The van der Waals surface area contributed by atoms with Gasteiger partial charge in [-0.05, 0) is 30.6 Å². The maximum atomic E-state index is 5.52. The Hall–Kier alpha value is -0.160. The first-order chi connectivity index (χ1) is 10.2. The van der Waals surface area contributed by atoms with Crippen LogP contribution in [0.3, 0.4) is 0 Å². The van der Waals surface area contributed by atoms with Crippen molar-refractivity contribution in [2.75, 3.05) is 53.6 Å². The normalized spacial score (nSPS) is 34.4. The SMILES string of the molecule is COCCNCC1(CN2CCC(OC)C2)CCCC(C)C1. The van der Waals surface area contributed by atoms with Crippen LogP contribution in [0.25, 0.3) is 0 Å². The predicted octanol–water partition coefficient (Wildman–Crippen LogP) is 2.14. The third-order valence-corrected chi connectivity index (χ3v) is 5.29. The number of hydrogen-bond donors (Lipinski definition) is 1. The highest BCUT2D eigenvalue weighted by Gasteiger charge is 2.37. The lowest BCUT2D eigenvalue weighted by atomic mass is 9.69. The first kappa shape index (κ1) is 17.2. The van der Waals surface area contributed by atoms with E-state index in [0.717, 1.165) is 32.2 Å². The zero-order valence-corrected chi connectivity index (χ0v) is 14.2. The molecule has 0 bridgehead atoms. The van der Waals surface area contributed by atoms with E-state index >= 15 is 0 Å². The van der Waals surface area contributed by atoms with Crippen molar-refractivity contribution < 1.29 is 9.47 Å². The first-order valence-corrected chi connectivity index (χ1v) is 8.62. The maximum Gasteiger partial charge on any atom is 0.0710 e. The van der Waals surface area contributed by atoms with Gasteiger partial charge in [0.15, 0.2) is 0 Å². The number of nitrogens with zero attached hydrogens (tertiary/aromatic N) is 1. The highest BCUT2D eigenvalue weighted by molar-refractivity contribution is 4.91. The Labute approximate surface area is 130 Å². The minimum absolute atomic E-state index is 0.449. The molecule has 1 N–H and O–H groups in total. The van der Waals surface area contributed by atoms with Crippen molar-refractivity contribution in [3.8, 4) is 0 Å². The molecule has 0 radical (unpaired) electrons. The molecule has 1 heterocycles. The van der Waals surface area contributed by atoms with Crippen LogP contribution in [-0.4, -0.2) is 64.6 Å². The van der Waals surface area contributed by atoms with Gasteiger partial charge >= 0.3 is 0 Å². The molecule has 0 aromatic heterocycles. The Morgan fingerprint density at radius 3 is 2.81 bits per heavy atom. The average molecular weight is 298 g/mol. The van der Waals surface area contributed by atoms with Crippen molar-refractivity contribution in [2.45, 2.75) is 45.1 Å². The van der Waals surface area contributed by atoms with E-state index in [1.54, 1.807) is 7.11 Å². The van der Waals surface area contributed by atoms with Crippen LogP contribution in [0.4, 0.5) is 0 Å². The molecule has 3 atom stereocenters. The third kappa shape index (κ3) is 5.20. The summed E-state index contributed by atoms with van der Waals surface area (Å²) in [6.07, 6.45) is 7.16. The molecule has 21 heavy (non-hydrogen) atoms. The Morgan fingerprint density at radius 2 is 2.14 bits per heavy atom. The number of rotatable bonds is 8. The summed E-state index contributed by atoms with van der Waals surface area (Å²) in [6, 6.07) is 0. The fraction of sp³-hybridized carbons (Fsp3) is 1.00. The van der Waals surface area contributed by atoms with Crippen LogP contribution in [0.15, 0.2) is 0 Å². The molecule has 124 valence electrons. The summed E-state index contributed by atoms with van der Waals surface area (Å²) >= 11 is 0. The van der Waals surface area contributed by atoms with E-state index in [9.17, 15) is 0 Å². The molecule has 0 aromatic rings. The van der Waals surface area contributed by atoms with Crippen molar-refractivity contribution in [1.82, 2.24) is 10.2 Å². The van der Waals surface area contributed by atoms with E-state index in [4.69, 9.17) is 9.47 Å². The van der Waals surface area contributed by atoms with E-state index in [2.05, 4.69) is 17.1 Å². The average Bonchev–Trinajstić information content (AvgIpc) is 2.91. The molecule has 2 rings (SSSR count). The predicted molar refractivity (Wildman–Crippen MR) is 86.7 cm³/mol. The number of nitrogens with one attached hydrogen (secondary N) is 1. The summed E-state index contributed by atoms with van der Waals surface area (Å²) in [7, 11) is 3.62. The molecule has 2 aliphatic rings. The van der Waals surface area contributed by atoms with Gasteiger partial charge in [0.05, 0.1) is 12.7 Å². The molecule has 0 amide bonds. The van der Waals surface area contributed by atoms with Crippen LogP contribution in [-0.2, 0) is 9.47 Å². The molecule has 2 fully saturated rings. The molecular formula is C17H34N2O2. The Morgan fingerprint density at radius 1 is 1.29 bits per heavy atom. The Bertz CT molecular complexity index is 301. The third-order valence-electron chi connectivity index (χ3n) is 5.29. The van der Waals surface area contributed by atoms with E-state index in [0.29, 0.717) is 11.5 Å². The second-order valence-corrected chi connectivity index (χ2v) is 7.25. The molecule has 3 unspecified atom stereocenters. The van der Waals surface area contributed by atoms with Crippen LogP contribution in [0, 0.1) is 11.3 Å². The Balaban J connectivity index is 1.88. The van der Waals surface area contributed by atoms with Gasteiger partial charge in [0.1, 0.15) is 0 Å². The fourth-order valence-corrected chi connectivity index (χ4v) is 4.26. The molecule has 0 aromatic carbocycles. The highest BCUT2D eigenvalue weighted by Crippen LogP contribution is 2.40. The smallest absolute Gasteiger partial charge is 0.0710 e. The van der Waals surface area contributed by atoms with Gasteiger partial charge in [0.25, 0.3) is 0 Å². The van der Waals surface area contributed by atoms with Gasteiger partial charge in [-0.1, -0.05) is 19.8 Å². The minimum Gasteiger partial charge on any atom is -0.383 e. The van der Waals surface area contributed by atoms with Crippen LogP contribution in [0.5, 0.6) is 0 Å². The second kappa shape index (κ2) is 8.47. The van der Waals surface area contributed by atoms with Crippen LogP contribution in [0.1, 0.15) is 39.0 Å². The highest BCUT2D eigenvalue weighted by atomic mass is 16.5. The van der Waals surface area contributed by atoms with E-state index in [1.807, 2.05) is 7.11 Å². The topological polar surface area (TPSA) is 33.7 Å². The quantitative estimate of drug-likeness (QED) is 0.696. The van der Waals surface area contributed by atoms with Crippen molar-refractivity contribution in [1.29, 1.82) is 0 Å². The summed E-state index contributed by atoms with van der Waals surface area (Å²) in [5.74, 6) is 0.865. The summed E-state index contributed by atoms with van der Waals surface area (Å²) in [5, 5.41) is 3.63. The number of methoxy groups -OCH3 is 2. The molecule has 4 nitrogen and oxygen atoms in total. The monoisotopic (exact) mass is 298 g/mol. The van der Waals surface area contributed by atoms with Gasteiger partial charge < -0.3 is 19.7 Å². The zero-order chi connectivity index (χ0) is 15.1. The van der Waals surface area contributed by atoms with Crippen LogP contribution >= 0.6 is 0 Å². The minimum atomic E-state index is 0.449. The number of likely N-dealkylation sites (tertiary alicyclic amines) is 1. The van der Waals surface area contributed by atoms with Crippen molar-refractivity contribution in [3.63, 3.8) is 0 Å². The molecule has 1 aliphatic heterocycles. The summed E-state index contributed by atoms with van der Waals surface area (Å²) in [6.45, 7) is 8.88. The van der Waals surface area contributed by atoms with Gasteiger partial charge in [0.2, 0.25) is 0 Å². The largest absolute Gasteiger partial charge is 0.383 e. The number of ether oxygens (including phenoxy) is 2. The summed E-state index contributed by atoms with van der Waals surface area (Å²) < 4.78 is 10.7. The lowest BCUT2D eigenvalue weighted by Crippen LogP contribution is -2.46. The van der Waals surface area contributed by atoms with Gasteiger partial charge in [0, 0.05) is 46.9 Å². The summed E-state index contributed by atoms with van der Waals surface area (Å²) in [5.41, 5.74) is 0.452. The van der Waals surface area contributed by atoms with Crippen molar-refractivity contribution >= 4 is 0 Å². The number of hydrogen-bond acceptors (Lipinski definition) is 4. The van der Waals surface area contributed by atoms with Crippen molar-refractivity contribution in [2.24, 2.45) is 11.3 Å². The van der Waals surface area contributed by atoms with Crippen LogP contribution < -0.4 is 5.32 Å². The van der Waals surface area contributed by atoms with Crippen molar-refractivity contribution in [3.05, 3.63) is 0 Å². The van der Waals surface area contributed by atoms with E-state index in [-0.39, 0.29) is 0 Å². The molecule has 1 aliphatic carbocycles. The molecular weight excluding hydrogens is 264 g/mol. The van der Waals surface area contributed by atoms with Crippen LogP contribution in [0.2, 0.25) is 0 Å². The maximum absolute atomic E-state index is 5.52. The van der Waals surface area contributed by atoms with E-state index < -0.39 is 0 Å². The molecule has 1 saturated heterocycles. The Kier molecular flexibility index (Phi) is 6.93. The first-order valence-electron chi connectivity index (χ1n) is 8.62. The lowest BCUT2D eigenvalue weighted by molar-refractivity contribution is 0.0701. The lowest BCUT2D eigenvalue weighted by Gasteiger charge is -2.43. The fourth-order valence-electron chi connectivity index (χ4n) is 4.26. The molecule has 1 saturated carbocycles. The van der Waals surface area contributed by atoms with Gasteiger partial charge in [-0.3, -0.25) is 0 Å². The second-order valence-electron chi connectivity index (χ2n) is 7.25. The molecule has 0 spiro atoms.